The number of piperazine rings is 1. The summed E-state index contributed by atoms with van der Waals surface area (Å²) in [4.78, 5) is 55.7. The summed E-state index contributed by atoms with van der Waals surface area (Å²) in [7, 11) is 0. The lowest BCUT2D eigenvalue weighted by molar-refractivity contribution is -0.143. The van der Waals surface area contributed by atoms with Crippen LogP contribution < -0.4 is 5.32 Å². The second kappa shape index (κ2) is 10.0. The predicted molar refractivity (Wildman–Crippen MR) is 126 cm³/mol. The van der Waals surface area contributed by atoms with Crippen LogP contribution in [0.2, 0.25) is 0 Å². The molecule has 8 heteroatoms. The summed E-state index contributed by atoms with van der Waals surface area (Å²) in [5, 5.41) is 2.93. The molecule has 0 unspecified atom stereocenters. The molecule has 3 rings (SSSR count). The number of rotatable bonds is 7. The lowest BCUT2D eigenvalue weighted by Crippen LogP contribution is -2.54. The zero-order valence-electron chi connectivity index (χ0n) is 21.1. The van der Waals surface area contributed by atoms with Gasteiger partial charge in [0, 0.05) is 32.6 Å². The molecule has 0 aromatic heterocycles. The summed E-state index contributed by atoms with van der Waals surface area (Å²) in [5.74, 6) is 0.668. The van der Waals surface area contributed by atoms with Crippen molar-refractivity contribution in [3.05, 3.63) is 0 Å². The standard InChI is InChI=1S/C25H42N4O4/c1-6-24(4,5)19-9-11-25(12-10-19)22(32)29(23(33)26-25)17-21(31)28-15-13-27(14-16-28)20(30)8-7-18(2)3/h18-19H,6-17H2,1-5H3,(H,26,33). The molecule has 1 saturated carbocycles. The lowest BCUT2D eigenvalue weighted by Gasteiger charge is -2.42. The minimum Gasteiger partial charge on any atom is -0.339 e. The number of hydrogen-bond donors (Lipinski definition) is 1. The molecular weight excluding hydrogens is 420 g/mol. The predicted octanol–water partition coefficient (Wildman–Crippen LogP) is 3.01. The first-order valence-corrected chi connectivity index (χ1v) is 12.7. The van der Waals surface area contributed by atoms with E-state index in [4.69, 9.17) is 0 Å². The molecule has 0 radical (unpaired) electrons. The molecule has 3 aliphatic rings. The van der Waals surface area contributed by atoms with Crippen LogP contribution in [0.3, 0.4) is 0 Å². The van der Waals surface area contributed by atoms with Gasteiger partial charge in [-0.1, -0.05) is 41.0 Å². The fourth-order valence-electron chi connectivity index (χ4n) is 5.35. The maximum absolute atomic E-state index is 13.2. The normalized spacial score (nSPS) is 26.4. The van der Waals surface area contributed by atoms with E-state index in [-0.39, 0.29) is 29.7 Å². The van der Waals surface area contributed by atoms with Crippen molar-refractivity contribution in [1.29, 1.82) is 0 Å². The van der Waals surface area contributed by atoms with Crippen molar-refractivity contribution in [3.8, 4) is 0 Å². The van der Waals surface area contributed by atoms with Crippen LogP contribution in [0.1, 0.15) is 79.6 Å². The molecule has 2 saturated heterocycles. The average Bonchev–Trinajstić information content (AvgIpc) is 3.01. The van der Waals surface area contributed by atoms with Gasteiger partial charge in [0.2, 0.25) is 11.8 Å². The van der Waals surface area contributed by atoms with E-state index < -0.39 is 11.6 Å². The van der Waals surface area contributed by atoms with Crippen LogP contribution >= 0.6 is 0 Å². The van der Waals surface area contributed by atoms with Crippen LogP contribution in [-0.4, -0.2) is 76.7 Å². The molecule has 1 spiro atoms. The fraction of sp³-hybridized carbons (Fsp3) is 0.840. The van der Waals surface area contributed by atoms with Crippen LogP contribution in [0.15, 0.2) is 0 Å². The van der Waals surface area contributed by atoms with Gasteiger partial charge >= 0.3 is 6.03 Å². The fourth-order valence-corrected chi connectivity index (χ4v) is 5.35. The van der Waals surface area contributed by atoms with Gasteiger partial charge in [0.15, 0.2) is 0 Å². The molecule has 2 aliphatic heterocycles. The van der Waals surface area contributed by atoms with Crippen molar-refractivity contribution in [1.82, 2.24) is 20.0 Å². The molecule has 2 heterocycles. The van der Waals surface area contributed by atoms with Crippen molar-refractivity contribution in [2.24, 2.45) is 17.3 Å². The maximum Gasteiger partial charge on any atom is 0.325 e. The molecule has 0 aromatic carbocycles. The van der Waals surface area contributed by atoms with Gasteiger partial charge in [-0.05, 0) is 49.4 Å². The second-order valence-corrected chi connectivity index (χ2v) is 11.2. The molecule has 1 aliphatic carbocycles. The molecule has 0 atom stereocenters. The van der Waals surface area contributed by atoms with Crippen LogP contribution in [0, 0.1) is 17.3 Å². The smallest absolute Gasteiger partial charge is 0.325 e. The first-order chi connectivity index (χ1) is 15.5. The molecule has 33 heavy (non-hydrogen) atoms. The van der Waals surface area contributed by atoms with E-state index in [1.165, 1.54) is 0 Å². The Bertz CT molecular complexity index is 762. The zero-order valence-corrected chi connectivity index (χ0v) is 21.1. The number of hydrogen-bond acceptors (Lipinski definition) is 4. The van der Waals surface area contributed by atoms with E-state index in [2.05, 4.69) is 39.9 Å². The van der Waals surface area contributed by atoms with Gasteiger partial charge in [-0.3, -0.25) is 19.3 Å². The van der Waals surface area contributed by atoms with E-state index in [1.54, 1.807) is 4.90 Å². The zero-order chi connectivity index (χ0) is 24.4. The monoisotopic (exact) mass is 462 g/mol. The van der Waals surface area contributed by atoms with Gasteiger partial charge in [0.05, 0.1) is 0 Å². The summed E-state index contributed by atoms with van der Waals surface area (Å²) in [6, 6.07) is -0.455. The first-order valence-electron chi connectivity index (χ1n) is 12.7. The number of carbonyl (C=O) groups is 4. The Hall–Kier alpha value is -2.12. The lowest BCUT2D eigenvalue weighted by atomic mass is 9.65. The number of amides is 5. The Morgan fingerprint density at radius 2 is 1.58 bits per heavy atom. The van der Waals surface area contributed by atoms with Crippen molar-refractivity contribution in [3.63, 3.8) is 0 Å². The highest BCUT2D eigenvalue weighted by Gasteiger charge is 2.54. The second-order valence-electron chi connectivity index (χ2n) is 11.2. The Labute approximate surface area is 198 Å². The van der Waals surface area contributed by atoms with Crippen LogP contribution in [0.25, 0.3) is 0 Å². The van der Waals surface area contributed by atoms with Crippen molar-refractivity contribution in [2.75, 3.05) is 32.7 Å². The van der Waals surface area contributed by atoms with Gasteiger partial charge < -0.3 is 15.1 Å². The Morgan fingerprint density at radius 1 is 1.03 bits per heavy atom. The number of nitrogens with one attached hydrogen (secondary N) is 1. The highest BCUT2D eigenvalue weighted by atomic mass is 16.2. The van der Waals surface area contributed by atoms with Gasteiger partial charge in [0.1, 0.15) is 12.1 Å². The van der Waals surface area contributed by atoms with Crippen molar-refractivity contribution in [2.45, 2.75) is 85.1 Å². The van der Waals surface area contributed by atoms with E-state index in [0.717, 1.165) is 30.6 Å². The quantitative estimate of drug-likeness (QED) is 0.589. The third kappa shape index (κ3) is 5.52. The van der Waals surface area contributed by atoms with E-state index in [9.17, 15) is 19.2 Å². The average molecular weight is 463 g/mol. The largest absolute Gasteiger partial charge is 0.339 e. The summed E-state index contributed by atoms with van der Waals surface area (Å²) < 4.78 is 0. The SMILES string of the molecule is CCC(C)(C)C1CCC2(CC1)NC(=O)N(CC(=O)N1CCN(C(=O)CCC(C)C)CC1)C2=O. The van der Waals surface area contributed by atoms with Crippen molar-refractivity contribution < 1.29 is 19.2 Å². The molecule has 5 amide bonds. The van der Waals surface area contributed by atoms with E-state index in [0.29, 0.717) is 57.3 Å². The number of nitrogens with zero attached hydrogens (tertiary/aromatic N) is 3. The topological polar surface area (TPSA) is 90.0 Å². The number of imide groups is 1. The summed E-state index contributed by atoms with van der Waals surface area (Å²) in [6.45, 7) is 12.6. The van der Waals surface area contributed by atoms with Gasteiger partial charge in [-0.25, -0.2) is 4.79 Å². The van der Waals surface area contributed by atoms with Crippen LogP contribution in [0.4, 0.5) is 4.79 Å². The van der Waals surface area contributed by atoms with E-state index in [1.807, 2.05) is 4.90 Å². The Balaban J connectivity index is 1.51. The molecule has 186 valence electrons. The Morgan fingerprint density at radius 3 is 2.09 bits per heavy atom. The molecular formula is C25H42N4O4. The first kappa shape index (κ1) is 25.5. The molecule has 0 aromatic rings. The third-order valence-electron chi connectivity index (χ3n) is 8.32. The number of carbonyl (C=O) groups excluding carboxylic acids is 4. The third-order valence-corrected chi connectivity index (χ3v) is 8.32. The van der Waals surface area contributed by atoms with Crippen LogP contribution in [-0.2, 0) is 14.4 Å². The van der Waals surface area contributed by atoms with Crippen molar-refractivity contribution >= 4 is 23.8 Å². The van der Waals surface area contributed by atoms with Gasteiger partial charge in [0.25, 0.3) is 5.91 Å². The molecule has 8 nitrogen and oxygen atoms in total. The molecule has 3 fully saturated rings. The summed E-state index contributed by atoms with van der Waals surface area (Å²) in [5.41, 5.74) is -0.625. The van der Waals surface area contributed by atoms with Gasteiger partial charge in [-0.15, -0.1) is 0 Å². The molecule has 0 bridgehead atoms. The van der Waals surface area contributed by atoms with E-state index >= 15 is 0 Å². The number of urea groups is 1. The highest BCUT2D eigenvalue weighted by Crippen LogP contribution is 2.45. The summed E-state index contributed by atoms with van der Waals surface area (Å²) >= 11 is 0. The minimum atomic E-state index is -0.848. The highest BCUT2D eigenvalue weighted by molar-refractivity contribution is 6.09. The molecule has 1 N–H and O–H groups in total. The van der Waals surface area contributed by atoms with Crippen LogP contribution in [0.5, 0.6) is 0 Å². The summed E-state index contributed by atoms with van der Waals surface area (Å²) in [6.07, 6.45) is 5.56. The minimum absolute atomic E-state index is 0.133. The van der Waals surface area contributed by atoms with Gasteiger partial charge in [-0.2, -0.15) is 0 Å². The Kier molecular flexibility index (Phi) is 7.74. The maximum atomic E-state index is 13.2.